The van der Waals surface area contributed by atoms with Crippen LogP contribution in [0.25, 0.3) is 12.2 Å². The molecule has 0 aliphatic heterocycles. The topological polar surface area (TPSA) is 381 Å². The highest BCUT2D eigenvalue weighted by molar-refractivity contribution is 7.89. The number of carbonyl (C=O) groups is 3. The van der Waals surface area contributed by atoms with E-state index in [9.17, 15) is 32.5 Å². The van der Waals surface area contributed by atoms with Crippen molar-refractivity contribution < 1.29 is 151 Å². The Balaban J connectivity index is 0.767. The van der Waals surface area contributed by atoms with E-state index in [4.69, 9.17) is 118 Å². The number of carboxylic acids is 1. The Hall–Kier alpha value is -4.66. The van der Waals surface area contributed by atoms with Crippen LogP contribution in [-0.4, -0.2) is 373 Å². The van der Waals surface area contributed by atoms with E-state index in [1.165, 1.54) is 6.08 Å². The standard InChI is InChI=1S/C74H124N2O32S/c1-61-58-68(65-6-7-66-69(109(81,82)83)59-62(2)64-5-4-63(61)72(65)73(64)66)108-60-70(77)76-67(8-9-71(78)79)74(80)75-10-11-85-14-15-87-18-19-89-22-23-91-26-27-93-30-31-95-34-35-97-38-39-99-42-43-101-46-47-103-50-51-105-54-55-107-57-56-106-53-52-104-49-48-102-45-44-100-41-40-98-37-36-96-33-32-94-29-28-92-25-24-90-21-20-88-17-16-86-13-12-84-3/h4-7,58-59,66-67,73H,8-57,60H2,1-3H3,(H,75,80)(H,76,77)(H,78,79)(H,81,82,83). The number of nitrogens with one attached hydrogen (secondary N) is 2. The first kappa shape index (κ1) is 96.7. The molecule has 1 aromatic rings. The van der Waals surface area contributed by atoms with Crippen LogP contribution in [-0.2, 0) is 138 Å². The Kier molecular flexibility index (Phi) is 59.2. The minimum atomic E-state index is -4.48. The lowest BCUT2D eigenvalue weighted by molar-refractivity contribution is -0.138. The molecular formula is C74H124N2O32S. The summed E-state index contributed by atoms with van der Waals surface area (Å²) in [6, 6.07) is 0.628. The minimum absolute atomic E-state index is 0.0892. The quantitative estimate of drug-likeness (QED) is 0.0538. The molecular weight excluding hydrogens is 1460 g/mol. The summed E-state index contributed by atoms with van der Waals surface area (Å²) in [5.74, 6) is -3.01. The predicted octanol–water partition coefficient (Wildman–Crippen LogP) is 2.72. The van der Waals surface area contributed by atoms with Crippen molar-refractivity contribution >= 4 is 40.1 Å². The molecule has 0 spiro atoms. The average molecular weight is 1590 g/mol. The fraction of sp³-hybridized carbons (Fsp3) is 0.770. The van der Waals surface area contributed by atoms with E-state index in [0.717, 1.165) is 22.3 Å². The number of carboxylic acid groups (broad SMARTS) is 1. The number of rotatable bonds is 81. The molecule has 0 fully saturated rings. The second kappa shape index (κ2) is 66.7. The second-order valence-corrected chi connectivity index (χ2v) is 25.4. The van der Waals surface area contributed by atoms with Gasteiger partial charge >= 0.3 is 5.97 Å². The van der Waals surface area contributed by atoms with Gasteiger partial charge in [-0.2, -0.15) is 8.42 Å². The molecule has 3 aliphatic carbocycles. The van der Waals surface area contributed by atoms with Gasteiger partial charge in [-0.3, -0.25) is 18.9 Å². The molecule has 3 atom stereocenters. The maximum absolute atomic E-state index is 13.2. The lowest BCUT2D eigenvalue weighted by Gasteiger charge is -2.39. The molecule has 4 rings (SSSR count). The summed E-state index contributed by atoms with van der Waals surface area (Å²) in [6.45, 7) is 24.6. The van der Waals surface area contributed by atoms with E-state index in [1.54, 1.807) is 32.3 Å². The van der Waals surface area contributed by atoms with Gasteiger partial charge in [0.1, 0.15) is 11.8 Å². The van der Waals surface area contributed by atoms with Crippen LogP contribution in [0.15, 0.2) is 40.3 Å². The van der Waals surface area contributed by atoms with Gasteiger partial charge < -0.3 is 134 Å². The van der Waals surface area contributed by atoms with Gasteiger partial charge in [-0.25, -0.2) is 0 Å². The van der Waals surface area contributed by atoms with Crippen LogP contribution >= 0.6 is 0 Å². The van der Waals surface area contributed by atoms with Gasteiger partial charge in [0.05, 0.1) is 315 Å². The summed E-state index contributed by atoms with van der Waals surface area (Å²) >= 11 is 0. The molecule has 3 unspecified atom stereocenters. The molecule has 3 aliphatic rings. The van der Waals surface area contributed by atoms with Crippen LogP contribution in [0.2, 0.25) is 0 Å². The molecule has 628 valence electrons. The normalized spacial score (nSPS) is 14.7. The number of ether oxygens (including phenoxy) is 25. The molecule has 0 saturated carbocycles. The molecule has 1 aromatic carbocycles. The third-order valence-corrected chi connectivity index (χ3v) is 16.8. The summed E-state index contributed by atoms with van der Waals surface area (Å²) in [5, 5.41) is 14.6. The highest BCUT2D eigenvalue weighted by atomic mass is 32.2. The first-order chi connectivity index (χ1) is 53.4. The largest absolute Gasteiger partial charge is 0.483 e. The van der Waals surface area contributed by atoms with Crippen LogP contribution in [0.3, 0.4) is 0 Å². The number of methoxy groups -OCH3 is 1. The zero-order chi connectivity index (χ0) is 78.0. The van der Waals surface area contributed by atoms with Gasteiger partial charge in [0.15, 0.2) is 6.61 Å². The van der Waals surface area contributed by atoms with Crippen LogP contribution < -0.4 is 15.4 Å². The number of aliphatic carboxylic acids is 1. The summed E-state index contributed by atoms with van der Waals surface area (Å²) in [4.78, 5) is 37.6. The highest BCUT2D eigenvalue weighted by Gasteiger charge is 2.42. The van der Waals surface area contributed by atoms with E-state index in [-0.39, 0.29) is 37.5 Å². The van der Waals surface area contributed by atoms with Crippen molar-refractivity contribution in [2.45, 2.75) is 38.6 Å². The zero-order valence-corrected chi connectivity index (χ0v) is 65.1. The first-order valence-corrected chi connectivity index (χ1v) is 39.0. The number of aryl methyl sites for hydroxylation is 1. The highest BCUT2D eigenvalue weighted by Crippen LogP contribution is 2.54. The SMILES string of the molecule is COCCOCCOCCOCCOCCOCCOCCOCCOCCOCCOCCOCCOCCOCCOCCOCCOCCOCCOCCOCCOCCOCCOCCOCCNC(=O)C(CCC(=O)O)NC(=O)COc1cc(C)c2c3c1C=CC1C(S(=O)(=O)O)=CC(C)=C(C=C2)C31. The van der Waals surface area contributed by atoms with Gasteiger partial charge in [-0.1, -0.05) is 24.3 Å². The molecule has 35 heteroatoms. The molecule has 4 N–H and O–H groups in total. The molecule has 109 heavy (non-hydrogen) atoms. The lowest BCUT2D eigenvalue weighted by atomic mass is 9.67. The number of allylic oxidation sites excluding steroid dienone is 6. The van der Waals surface area contributed by atoms with Gasteiger partial charge in [0.25, 0.3) is 16.0 Å². The van der Waals surface area contributed by atoms with Gasteiger partial charge in [0.2, 0.25) is 5.91 Å². The zero-order valence-electron chi connectivity index (χ0n) is 64.3. The van der Waals surface area contributed by atoms with Crippen molar-refractivity contribution in [2.75, 3.05) is 331 Å². The third kappa shape index (κ3) is 48.9. The monoisotopic (exact) mass is 1580 g/mol. The van der Waals surface area contributed by atoms with E-state index < -0.39 is 52.4 Å². The maximum Gasteiger partial charge on any atom is 0.303 e. The summed E-state index contributed by atoms with van der Waals surface area (Å²) in [5.41, 5.74) is 4.84. The van der Waals surface area contributed by atoms with Crippen LogP contribution in [0.4, 0.5) is 0 Å². The van der Waals surface area contributed by atoms with E-state index in [2.05, 4.69) is 10.6 Å². The van der Waals surface area contributed by atoms with Crippen LogP contribution in [0.1, 0.15) is 47.9 Å². The van der Waals surface area contributed by atoms with E-state index >= 15 is 0 Å². The van der Waals surface area contributed by atoms with Crippen molar-refractivity contribution in [3.05, 3.63) is 62.6 Å². The van der Waals surface area contributed by atoms with E-state index in [0.29, 0.717) is 314 Å². The van der Waals surface area contributed by atoms with Crippen LogP contribution in [0, 0.1) is 12.8 Å². The number of hydrogen-bond donors (Lipinski definition) is 4. The Morgan fingerprint density at radius 3 is 1.02 bits per heavy atom. The summed E-state index contributed by atoms with van der Waals surface area (Å²) in [7, 11) is -2.84. The smallest absolute Gasteiger partial charge is 0.303 e. The van der Waals surface area contributed by atoms with Crippen molar-refractivity contribution in [1.29, 1.82) is 0 Å². The van der Waals surface area contributed by atoms with Gasteiger partial charge in [-0.15, -0.1) is 0 Å². The van der Waals surface area contributed by atoms with Crippen molar-refractivity contribution in [1.82, 2.24) is 10.6 Å². The van der Waals surface area contributed by atoms with Crippen molar-refractivity contribution in [2.24, 2.45) is 5.92 Å². The molecule has 0 heterocycles. The fourth-order valence-electron chi connectivity index (χ4n) is 10.4. The Bertz CT molecular complexity index is 2730. The predicted molar refractivity (Wildman–Crippen MR) is 396 cm³/mol. The van der Waals surface area contributed by atoms with Crippen molar-refractivity contribution in [3.8, 4) is 5.75 Å². The average Bonchev–Trinajstić information content (AvgIpc) is 0.719. The Morgan fingerprint density at radius 1 is 0.422 bits per heavy atom. The lowest BCUT2D eigenvalue weighted by Crippen LogP contribution is -2.48. The van der Waals surface area contributed by atoms with Crippen molar-refractivity contribution in [3.63, 3.8) is 0 Å². The molecule has 2 amide bonds. The number of amides is 2. The minimum Gasteiger partial charge on any atom is -0.483 e. The number of hydrogen-bond acceptors (Lipinski definition) is 30. The molecule has 34 nitrogen and oxygen atoms in total. The van der Waals surface area contributed by atoms with E-state index in [1.807, 2.05) is 19.1 Å². The Labute approximate surface area is 642 Å². The number of benzene rings is 1. The fourth-order valence-corrected chi connectivity index (χ4v) is 11.3. The third-order valence-electron chi connectivity index (χ3n) is 15.8. The number of carbonyl (C=O) groups excluding carboxylic acids is 2. The first-order valence-electron chi connectivity index (χ1n) is 37.5. The van der Waals surface area contributed by atoms with Gasteiger partial charge in [-0.05, 0) is 60.2 Å². The molecule has 0 aromatic heterocycles. The molecule has 0 bridgehead atoms. The second-order valence-electron chi connectivity index (χ2n) is 24.0. The maximum atomic E-state index is 13.2. The summed E-state index contributed by atoms with van der Waals surface area (Å²) in [6.07, 6.45) is 8.33. The molecule has 0 saturated heterocycles. The Morgan fingerprint density at radius 2 is 0.725 bits per heavy atom. The molecule has 0 radical (unpaired) electrons. The van der Waals surface area contributed by atoms with Crippen LogP contribution in [0.5, 0.6) is 5.75 Å². The summed E-state index contributed by atoms with van der Waals surface area (Å²) < 4.78 is 173. The van der Waals surface area contributed by atoms with Gasteiger partial charge in [0, 0.05) is 37.5 Å².